The van der Waals surface area contributed by atoms with Gasteiger partial charge in [0, 0.05) is 17.3 Å². The molecule has 0 saturated heterocycles. The third-order valence-electron chi connectivity index (χ3n) is 4.39. The van der Waals surface area contributed by atoms with Gasteiger partial charge in [-0.3, -0.25) is 4.72 Å². The Labute approximate surface area is 183 Å². The molecule has 0 atom stereocenters. The molecular weight excluding hydrogens is 438 g/mol. The fourth-order valence-electron chi connectivity index (χ4n) is 2.90. The van der Waals surface area contributed by atoms with Crippen molar-refractivity contribution in [2.24, 2.45) is 0 Å². The summed E-state index contributed by atoms with van der Waals surface area (Å²) in [5, 5.41) is 5.74. The zero-order valence-corrected chi connectivity index (χ0v) is 18.4. The first-order valence-electron chi connectivity index (χ1n) is 9.18. The van der Waals surface area contributed by atoms with E-state index in [1.54, 1.807) is 62.1 Å². The van der Waals surface area contributed by atoms with Crippen molar-refractivity contribution in [1.82, 2.24) is 10.1 Å². The van der Waals surface area contributed by atoms with Crippen molar-refractivity contribution >= 4 is 27.0 Å². The van der Waals surface area contributed by atoms with Gasteiger partial charge in [-0.1, -0.05) is 11.2 Å². The molecule has 10 heteroatoms. The molecule has 1 N–H and O–H groups in total. The molecule has 0 radical (unpaired) electrons. The second-order valence-corrected chi connectivity index (χ2v) is 9.38. The quantitative estimate of drug-likeness (QED) is 0.423. The Morgan fingerprint density at radius 2 is 1.74 bits per heavy atom. The van der Waals surface area contributed by atoms with Crippen LogP contribution in [0.1, 0.15) is 11.5 Å². The van der Waals surface area contributed by atoms with Crippen molar-refractivity contribution < 1.29 is 22.4 Å². The standard InChI is InChI=1S/C21H19N3O5S2/c1-27-17-10-14(11-18(13-17)28-2)12-19-22-21(23-29-19)15-5-7-16(8-6-15)24-31(25,26)20-4-3-9-30-20/h3-11,13,24H,12H2,1-2H3. The van der Waals surface area contributed by atoms with Gasteiger partial charge in [-0.05, 0) is 53.4 Å². The van der Waals surface area contributed by atoms with Gasteiger partial charge in [0.1, 0.15) is 15.7 Å². The van der Waals surface area contributed by atoms with Crippen molar-refractivity contribution in [1.29, 1.82) is 0 Å². The molecule has 0 saturated carbocycles. The van der Waals surface area contributed by atoms with Gasteiger partial charge in [0.05, 0.1) is 20.6 Å². The van der Waals surface area contributed by atoms with E-state index in [-0.39, 0.29) is 4.21 Å². The minimum atomic E-state index is -3.59. The first-order chi connectivity index (χ1) is 15.0. The van der Waals surface area contributed by atoms with E-state index in [1.807, 2.05) is 12.1 Å². The minimum absolute atomic E-state index is 0.258. The lowest BCUT2D eigenvalue weighted by Gasteiger charge is -2.07. The SMILES string of the molecule is COc1cc(Cc2nc(-c3ccc(NS(=O)(=O)c4cccs4)cc3)no2)cc(OC)c1. The van der Waals surface area contributed by atoms with E-state index in [1.165, 1.54) is 0 Å². The molecule has 0 unspecified atom stereocenters. The number of thiophene rings is 1. The van der Waals surface area contributed by atoms with Crippen LogP contribution in [0.3, 0.4) is 0 Å². The Balaban J connectivity index is 1.48. The van der Waals surface area contributed by atoms with E-state index in [9.17, 15) is 8.42 Å². The van der Waals surface area contributed by atoms with E-state index in [0.29, 0.717) is 40.9 Å². The summed E-state index contributed by atoms with van der Waals surface area (Å²) in [6.45, 7) is 0. The Bertz CT molecular complexity index is 1240. The molecule has 0 fully saturated rings. The van der Waals surface area contributed by atoms with Crippen LogP contribution in [0.5, 0.6) is 11.5 Å². The number of sulfonamides is 1. The van der Waals surface area contributed by atoms with E-state index < -0.39 is 10.0 Å². The zero-order valence-electron chi connectivity index (χ0n) is 16.7. The molecule has 0 aliphatic rings. The first-order valence-corrected chi connectivity index (χ1v) is 11.5. The maximum absolute atomic E-state index is 12.3. The maximum atomic E-state index is 12.3. The summed E-state index contributed by atoms with van der Waals surface area (Å²) in [6.07, 6.45) is 0.416. The van der Waals surface area contributed by atoms with Gasteiger partial charge in [0.2, 0.25) is 11.7 Å². The molecule has 160 valence electrons. The topological polar surface area (TPSA) is 104 Å². The van der Waals surface area contributed by atoms with Crippen LogP contribution in [0, 0.1) is 0 Å². The highest BCUT2D eigenvalue weighted by Crippen LogP contribution is 2.26. The van der Waals surface area contributed by atoms with E-state index in [4.69, 9.17) is 14.0 Å². The average molecular weight is 458 g/mol. The molecular formula is C21H19N3O5S2. The summed E-state index contributed by atoms with van der Waals surface area (Å²) in [5.41, 5.74) is 2.06. The van der Waals surface area contributed by atoms with Gasteiger partial charge in [-0.15, -0.1) is 11.3 Å². The Kier molecular flexibility index (Phi) is 5.92. The fraction of sp³-hybridized carbons (Fsp3) is 0.143. The number of rotatable bonds is 8. The van der Waals surface area contributed by atoms with Gasteiger partial charge in [0.15, 0.2) is 0 Å². The molecule has 0 aliphatic heterocycles. The number of nitrogens with one attached hydrogen (secondary N) is 1. The van der Waals surface area contributed by atoms with Crippen molar-refractivity contribution in [2.75, 3.05) is 18.9 Å². The van der Waals surface area contributed by atoms with Crippen LogP contribution in [0.4, 0.5) is 5.69 Å². The van der Waals surface area contributed by atoms with Gasteiger partial charge >= 0.3 is 0 Å². The molecule has 2 aromatic carbocycles. The second kappa shape index (κ2) is 8.78. The number of hydrogen-bond donors (Lipinski definition) is 1. The Morgan fingerprint density at radius 1 is 1.03 bits per heavy atom. The van der Waals surface area contributed by atoms with Gasteiger partial charge < -0.3 is 14.0 Å². The van der Waals surface area contributed by atoms with E-state index >= 15 is 0 Å². The average Bonchev–Trinajstić information content (AvgIpc) is 3.46. The molecule has 0 amide bonds. The maximum Gasteiger partial charge on any atom is 0.271 e. The smallest absolute Gasteiger partial charge is 0.271 e. The van der Waals surface area contributed by atoms with Crippen molar-refractivity contribution in [2.45, 2.75) is 10.6 Å². The lowest BCUT2D eigenvalue weighted by Crippen LogP contribution is -2.11. The first kappa shape index (κ1) is 20.9. The van der Waals surface area contributed by atoms with Gasteiger partial charge in [-0.2, -0.15) is 4.98 Å². The molecule has 8 nitrogen and oxygen atoms in total. The van der Waals surface area contributed by atoms with Crippen LogP contribution < -0.4 is 14.2 Å². The predicted octanol–water partition coefficient (Wildman–Crippen LogP) is 4.21. The van der Waals surface area contributed by atoms with Crippen molar-refractivity contribution in [3.05, 3.63) is 71.4 Å². The lowest BCUT2D eigenvalue weighted by atomic mass is 10.1. The van der Waals surface area contributed by atoms with Crippen LogP contribution in [-0.2, 0) is 16.4 Å². The summed E-state index contributed by atoms with van der Waals surface area (Å²) >= 11 is 1.16. The molecule has 31 heavy (non-hydrogen) atoms. The Hall–Kier alpha value is -3.37. The van der Waals surface area contributed by atoms with Crippen LogP contribution >= 0.6 is 11.3 Å². The third kappa shape index (κ3) is 4.86. The molecule has 0 aliphatic carbocycles. The summed E-state index contributed by atoms with van der Waals surface area (Å²) in [5.74, 6) is 2.20. The number of nitrogens with zero attached hydrogens (tertiary/aromatic N) is 2. The van der Waals surface area contributed by atoms with Crippen LogP contribution in [0.25, 0.3) is 11.4 Å². The normalized spacial score (nSPS) is 11.3. The number of anilines is 1. The van der Waals surface area contributed by atoms with Crippen LogP contribution in [0.2, 0.25) is 0 Å². The highest BCUT2D eigenvalue weighted by atomic mass is 32.2. The zero-order chi connectivity index (χ0) is 21.8. The van der Waals surface area contributed by atoms with Gasteiger partial charge in [0.25, 0.3) is 10.0 Å². The highest BCUT2D eigenvalue weighted by Gasteiger charge is 2.16. The fourth-order valence-corrected chi connectivity index (χ4v) is 4.95. The van der Waals surface area contributed by atoms with Crippen molar-refractivity contribution in [3.63, 3.8) is 0 Å². The third-order valence-corrected chi connectivity index (χ3v) is 7.17. The van der Waals surface area contributed by atoms with E-state index in [2.05, 4.69) is 14.9 Å². The predicted molar refractivity (Wildman–Crippen MR) is 117 cm³/mol. The molecule has 2 heterocycles. The number of benzene rings is 2. The van der Waals surface area contributed by atoms with Crippen LogP contribution in [0.15, 0.2) is 68.7 Å². The second-order valence-electron chi connectivity index (χ2n) is 6.52. The molecule has 4 rings (SSSR count). The minimum Gasteiger partial charge on any atom is -0.497 e. The van der Waals surface area contributed by atoms with Crippen LogP contribution in [-0.4, -0.2) is 32.8 Å². The molecule has 0 bridgehead atoms. The monoisotopic (exact) mass is 457 g/mol. The number of aromatic nitrogens is 2. The number of ether oxygens (including phenoxy) is 2. The lowest BCUT2D eigenvalue weighted by molar-refractivity contribution is 0.382. The summed E-state index contributed by atoms with van der Waals surface area (Å²) in [6, 6.07) is 15.6. The Morgan fingerprint density at radius 3 is 2.35 bits per heavy atom. The number of hydrogen-bond acceptors (Lipinski definition) is 8. The highest BCUT2D eigenvalue weighted by molar-refractivity contribution is 7.94. The summed E-state index contributed by atoms with van der Waals surface area (Å²) in [4.78, 5) is 4.44. The number of methoxy groups -OCH3 is 2. The molecule has 2 aromatic heterocycles. The van der Waals surface area contributed by atoms with Gasteiger partial charge in [-0.25, -0.2) is 8.42 Å². The van der Waals surface area contributed by atoms with Crippen molar-refractivity contribution in [3.8, 4) is 22.9 Å². The summed E-state index contributed by atoms with van der Waals surface area (Å²) < 4.78 is 43.4. The van der Waals surface area contributed by atoms with E-state index in [0.717, 1.165) is 16.9 Å². The summed E-state index contributed by atoms with van der Waals surface area (Å²) in [7, 11) is -0.410. The molecule has 4 aromatic rings. The largest absolute Gasteiger partial charge is 0.497 e. The molecule has 0 spiro atoms.